The van der Waals surface area contributed by atoms with E-state index >= 15 is 0 Å². The van der Waals surface area contributed by atoms with E-state index in [1.807, 2.05) is 29.0 Å². The van der Waals surface area contributed by atoms with Crippen LogP contribution < -0.4 is 10.1 Å². The van der Waals surface area contributed by atoms with Gasteiger partial charge in [-0.15, -0.1) is 0 Å². The van der Waals surface area contributed by atoms with Crippen molar-refractivity contribution >= 4 is 21.9 Å². The zero-order valence-electron chi connectivity index (χ0n) is 10.6. The number of nitrogens with one attached hydrogen (secondary N) is 1. The highest BCUT2D eigenvalue weighted by atomic mass is 79.9. The van der Waals surface area contributed by atoms with E-state index in [1.54, 1.807) is 13.3 Å². The van der Waals surface area contributed by atoms with Gasteiger partial charge in [0, 0.05) is 29.0 Å². The molecule has 2 aromatic rings. The van der Waals surface area contributed by atoms with E-state index in [0.29, 0.717) is 6.04 Å². The van der Waals surface area contributed by atoms with Crippen LogP contribution in [0.15, 0.2) is 35.1 Å². The molecule has 0 spiro atoms. The highest BCUT2D eigenvalue weighted by Crippen LogP contribution is 2.25. The van der Waals surface area contributed by atoms with Crippen molar-refractivity contribution in [3.63, 3.8) is 0 Å². The number of nitrogens with zero attached hydrogens (tertiary/aromatic N) is 2. The summed E-state index contributed by atoms with van der Waals surface area (Å²) in [5.74, 6) is 1.63. The Kier molecular flexibility index (Phi) is 3.91. The highest BCUT2D eigenvalue weighted by molar-refractivity contribution is 9.10. The summed E-state index contributed by atoms with van der Waals surface area (Å²) in [5.41, 5.74) is 1.00. The van der Waals surface area contributed by atoms with Gasteiger partial charge < -0.3 is 10.1 Å². The Labute approximate surface area is 115 Å². The molecule has 0 unspecified atom stereocenters. The molecule has 0 bridgehead atoms. The van der Waals surface area contributed by atoms with Crippen LogP contribution in [0.2, 0.25) is 0 Å². The first-order chi connectivity index (χ1) is 8.60. The summed E-state index contributed by atoms with van der Waals surface area (Å²) in [6.45, 7) is 4.17. The smallest absolute Gasteiger partial charge is 0.207 e. The molecule has 0 atom stereocenters. The topological polar surface area (TPSA) is 39.1 Å². The SMILES string of the molecule is COc1cc(Br)cc(-n2ccnc2NC(C)C)c1. The van der Waals surface area contributed by atoms with Crippen LogP contribution in [0.1, 0.15) is 13.8 Å². The molecule has 0 amide bonds. The third kappa shape index (κ3) is 2.85. The number of hydrogen-bond acceptors (Lipinski definition) is 3. The van der Waals surface area contributed by atoms with Gasteiger partial charge in [0.15, 0.2) is 0 Å². The minimum Gasteiger partial charge on any atom is -0.497 e. The van der Waals surface area contributed by atoms with Crippen LogP contribution in [0.3, 0.4) is 0 Å². The highest BCUT2D eigenvalue weighted by Gasteiger charge is 2.08. The molecule has 18 heavy (non-hydrogen) atoms. The Morgan fingerprint density at radius 1 is 1.33 bits per heavy atom. The molecule has 0 saturated heterocycles. The first-order valence-corrected chi connectivity index (χ1v) is 6.54. The summed E-state index contributed by atoms with van der Waals surface area (Å²) in [6.07, 6.45) is 3.70. The van der Waals surface area contributed by atoms with E-state index in [-0.39, 0.29) is 0 Å². The van der Waals surface area contributed by atoms with Gasteiger partial charge in [0.2, 0.25) is 5.95 Å². The zero-order chi connectivity index (χ0) is 13.1. The Morgan fingerprint density at radius 2 is 2.11 bits per heavy atom. The fourth-order valence-corrected chi connectivity index (χ4v) is 2.14. The number of benzene rings is 1. The fourth-order valence-electron chi connectivity index (χ4n) is 1.68. The van der Waals surface area contributed by atoms with E-state index in [4.69, 9.17) is 4.74 Å². The maximum Gasteiger partial charge on any atom is 0.207 e. The average Bonchev–Trinajstić information content (AvgIpc) is 2.75. The number of ether oxygens (including phenoxy) is 1. The van der Waals surface area contributed by atoms with Crippen molar-refractivity contribution in [2.45, 2.75) is 19.9 Å². The second-order valence-corrected chi connectivity index (χ2v) is 5.18. The van der Waals surface area contributed by atoms with Gasteiger partial charge in [0.25, 0.3) is 0 Å². The number of hydrogen-bond donors (Lipinski definition) is 1. The van der Waals surface area contributed by atoms with Crippen molar-refractivity contribution in [3.05, 3.63) is 35.1 Å². The van der Waals surface area contributed by atoms with E-state index in [1.165, 1.54) is 0 Å². The van der Waals surface area contributed by atoms with Gasteiger partial charge in [-0.1, -0.05) is 15.9 Å². The van der Waals surface area contributed by atoms with E-state index < -0.39 is 0 Å². The van der Waals surface area contributed by atoms with Gasteiger partial charge in [-0.05, 0) is 26.0 Å². The van der Waals surface area contributed by atoms with E-state index in [0.717, 1.165) is 21.9 Å². The van der Waals surface area contributed by atoms with E-state index in [2.05, 4.69) is 40.1 Å². The molecule has 0 fully saturated rings. The van der Waals surface area contributed by atoms with Crippen molar-refractivity contribution in [1.82, 2.24) is 9.55 Å². The number of anilines is 1. The molecule has 96 valence electrons. The van der Waals surface area contributed by atoms with Crippen molar-refractivity contribution < 1.29 is 4.74 Å². The molecule has 1 aromatic carbocycles. The maximum atomic E-state index is 5.27. The molecule has 1 N–H and O–H groups in total. The Morgan fingerprint density at radius 3 is 2.78 bits per heavy atom. The lowest BCUT2D eigenvalue weighted by atomic mass is 10.3. The first-order valence-electron chi connectivity index (χ1n) is 5.75. The predicted octanol–water partition coefficient (Wildman–Crippen LogP) is 3.46. The summed E-state index contributed by atoms with van der Waals surface area (Å²) in [6, 6.07) is 6.25. The standard InChI is InChI=1S/C13H16BrN3O/c1-9(2)16-13-15-4-5-17(13)11-6-10(14)7-12(8-11)18-3/h4-9H,1-3H3,(H,15,16). The molecular weight excluding hydrogens is 294 g/mol. The lowest BCUT2D eigenvalue weighted by molar-refractivity contribution is 0.414. The molecule has 0 radical (unpaired) electrons. The van der Waals surface area contributed by atoms with Gasteiger partial charge in [-0.2, -0.15) is 0 Å². The van der Waals surface area contributed by atoms with Crippen LogP contribution in [0.25, 0.3) is 5.69 Å². The Hall–Kier alpha value is -1.49. The van der Waals surface area contributed by atoms with Crippen molar-refractivity contribution in [1.29, 1.82) is 0 Å². The van der Waals surface area contributed by atoms with Gasteiger partial charge in [-0.3, -0.25) is 4.57 Å². The van der Waals surface area contributed by atoms with Crippen molar-refractivity contribution in [2.24, 2.45) is 0 Å². The molecule has 0 saturated carbocycles. The third-order valence-electron chi connectivity index (χ3n) is 2.43. The van der Waals surface area contributed by atoms with Crippen LogP contribution in [0.4, 0.5) is 5.95 Å². The van der Waals surface area contributed by atoms with Crippen LogP contribution in [-0.4, -0.2) is 22.7 Å². The third-order valence-corrected chi connectivity index (χ3v) is 2.89. The molecule has 0 aliphatic heterocycles. The Bertz CT molecular complexity index is 537. The number of methoxy groups -OCH3 is 1. The predicted molar refractivity (Wildman–Crippen MR) is 76.6 cm³/mol. The van der Waals surface area contributed by atoms with E-state index in [9.17, 15) is 0 Å². The summed E-state index contributed by atoms with van der Waals surface area (Å²) < 4.78 is 8.24. The first kappa shape index (κ1) is 13.0. The normalized spacial score (nSPS) is 10.7. The number of rotatable bonds is 4. The maximum absolute atomic E-state index is 5.27. The largest absolute Gasteiger partial charge is 0.497 e. The van der Waals surface area contributed by atoms with Gasteiger partial charge in [-0.25, -0.2) is 4.98 Å². The molecule has 1 aromatic heterocycles. The molecule has 5 heteroatoms. The molecular formula is C13H16BrN3O. The number of halogens is 1. The lowest BCUT2D eigenvalue weighted by Gasteiger charge is -2.13. The molecule has 2 rings (SSSR count). The van der Waals surface area contributed by atoms with Crippen LogP contribution >= 0.6 is 15.9 Å². The summed E-state index contributed by atoms with van der Waals surface area (Å²) in [7, 11) is 1.66. The van der Waals surface area contributed by atoms with Gasteiger partial charge in [0.1, 0.15) is 5.75 Å². The minimum absolute atomic E-state index is 0.334. The summed E-state index contributed by atoms with van der Waals surface area (Å²) in [4.78, 5) is 4.31. The summed E-state index contributed by atoms with van der Waals surface area (Å²) in [5, 5.41) is 3.30. The monoisotopic (exact) mass is 309 g/mol. The number of imidazole rings is 1. The van der Waals surface area contributed by atoms with Gasteiger partial charge >= 0.3 is 0 Å². The number of aromatic nitrogens is 2. The van der Waals surface area contributed by atoms with Crippen molar-refractivity contribution in [3.8, 4) is 11.4 Å². The van der Waals surface area contributed by atoms with Crippen LogP contribution in [0, 0.1) is 0 Å². The van der Waals surface area contributed by atoms with Crippen molar-refractivity contribution in [2.75, 3.05) is 12.4 Å². The molecule has 0 aliphatic rings. The average molecular weight is 310 g/mol. The second-order valence-electron chi connectivity index (χ2n) is 4.27. The second kappa shape index (κ2) is 5.44. The van der Waals surface area contributed by atoms with Crippen LogP contribution in [0.5, 0.6) is 5.75 Å². The zero-order valence-corrected chi connectivity index (χ0v) is 12.2. The quantitative estimate of drug-likeness (QED) is 0.940. The minimum atomic E-state index is 0.334. The molecule has 4 nitrogen and oxygen atoms in total. The van der Waals surface area contributed by atoms with Gasteiger partial charge in [0.05, 0.1) is 12.8 Å². The lowest BCUT2D eigenvalue weighted by Crippen LogP contribution is -2.13. The Balaban J connectivity index is 2.42. The molecule has 0 aliphatic carbocycles. The van der Waals surface area contributed by atoms with Crippen LogP contribution in [-0.2, 0) is 0 Å². The molecule has 1 heterocycles. The fraction of sp³-hybridized carbons (Fsp3) is 0.308. The summed E-state index contributed by atoms with van der Waals surface area (Å²) >= 11 is 3.48.